The summed E-state index contributed by atoms with van der Waals surface area (Å²) in [6.07, 6.45) is 0.0192. The highest BCUT2D eigenvalue weighted by molar-refractivity contribution is 5.96. The van der Waals surface area contributed by atoms with E-state index in [9.17, 15) is 4.79 Å². The summed E-state index contributed by atoms with van der Waals surface area (Å²) in [5, 5.41) is 5.17. The third kappa shape index (κ3) is 4.10. The first-order chi connectivity index (χ1) is 12.2. The van der Waals surface area contributed by atoms with E-state index in [1.165, 1.54) is 0 Å². The van der Waals surface area contributed by atoms with E-state index >= 15 is 0 Å². The molecule has 0 heterocycles. The molecule has 4 nitrogen and oxygen atoms in total. The second kappa shape index (κ2) is 7.71. The average Bonchev–Trinajstić information content (AvgIpc) is 2.66. The highest BCUT2D eigenvalue weighted by atomic mass is 16.5. The molecule has 0 aromatic heterocycles. The SMILES string of the molecule is CC[C@@H](Oc1ccc(OC)cc1)C(=O)Nc1ccc2ccccc2c1. The van der Waals surface area contributed by atoms with Gasteiger partial charge in [-0.15, -0.1) is 0 Å². The summed E-state index contributed by atoms with van der Waals surface area (Å²) >= 11 is 0. The van der Waals surface area contributed by atoms with E-state index in [2.05, 4.69) is 5.32 Å². The van der Waals surface area contributed by atoms with Crippen molar-refractivity contribution < 1.29 is 14.3 Å². The number of carbonyl (C=O) groups is 1. The molecule has 3 aromatic rings. The zero-order valence-corrected chi connectivity index (χ0v) is 14.4. The van der Waals surface area contributed by atoms with Crippen LogP contribution in [-0.4, -0.2) is 19.1 Å². The third-order valence-electron chi connectivity index (χ3n) is 4.02. The molecule has 0 spiro atoms. The van der Waals surface area contributed by atoms with Gasteiger partial charge < -0.3 is 14.8 Å². The fourth-order valence-electron chi connectivity index (χ4n) is 2.63. The van der Waals surface area contributed by atoms with E-state index in [0.717, 1.165) is 22.2 Å². The monoisotopic (exact) mass is 335 g/mol. The summed E-state index contributed by atoms with van der Waals surface area (Å²) in [5.74, 6) is 1.23. The minimum Gasteiger partial charge on any atom is -0.497 e. The van der Waals surface area contributed by atoms with Crippen LogP contribution < -0.4 is 14.8 Å². The molecule has 0 aliphatic rings. The zero-order chi connectivity index (χ0) is 17.6. The summed E-state index contributed by atoms with van der Waals surface area (Å²) in [5.41, 5.74) is 0.764. The molecule has 0 fully saturated rings. The second-order valence-electron chi connectivity index (χ2n) is 5.74. The second-order valence-corrected chi connectivity index (χ2v) is 5.74. The van der Waals surface area contributed by atoms with Crippen LogP contribution in [0.15, 0.2) is 66.7 Å². The maximum atomic E-state index is 12.5. The van der Waals surface area contributed by atoms with Gasteiger partial charge in [-0.1, -0.05) is 37.3 Å². The molecule has 0 saturated carbocycles. The van der Waals surface area contributed by atoms with Crippen LogP contribution in [0, 0.1) is 0 Å². The maximum Gasteiger partial charge on any atom is 0.265 e. The lowest BCUT2D eigenvalue weighted by atomic mass is 10.1. The summed E-state index contributed by atoms with van der Waals surface area (Å²) in [6, 6.07) is 21.1. The minimum absolute atomic E-state index is 0.159. The summed E-state index contributed by atoms with van der Waals surface area (Å²) in [4.78, 5) is 12.5. The molecule has 1 N–H and O–H groups in total. The molecular formula is C21H21NO3. The highest BCUT2D eigenvalue weighted by Crippen LogP contribution is 2.21. The lowest BCUT2D eigenvalue weighted by Crippen LogP contribution is -2.32. The van der Waals surface area contributed by atoms with Crippen LogP contribution in [0.5, 0.6) is 11.5 Å². The molecule has 0 aliphatic heterocycles. The standard InChI is InChI=1S/C21H21NO3/c1-3-20(25-19-12-10-18(24-2)11-13-19)21(23)22-17-9-8-15-6-4-5-7-16(15)14-17/h4-14,20H,3H2,1-2H3,(H,22,23)/t20-/m1/s1. The third-order valence-corrected chi connectivity index (χ3v) is 4.02. The number of rotatable bonds is 6. The van der Waals surface area contributed by atoms with Gasteiger partial charge >= 0.3 is 0 Å². The van der Waals surface area contributed by atoms with E-state index in [1.807, 2.05) is 61.5 Å². The number of hydrogen-bond donors (Lipinski definition) is 1. The Morgan fingerprint density at radius 3 is 2.32 bits per heavy atom. The summed E-state index contributed by atoms with van der Waals surface area (Å²) < 4.78 is 10.9. The van der Waals surface area contributed by atoms with Crippen LogP contribution in [-0.2, 0) is 4.79 Å². The van der Waals surface area contributed by atoms with E-state index in [0.29, 0.717) is 12.2 Å². The molecule has 0 radical (unpaired) electrons. The van der Waals surface area contributed by atoms with Gasteiger partial charge in [0.25, 0.3) is 5.91 Å². The molecule has 3 rings (SSSR count). The van der Waals surface area contributed by atoms with Crippen molar-refractivity contribution in [1.29, 1.82) is 0 Å². The number of amides is 1. The van der Waals surface area contributed by atoms with Gasteiger partial charge in [-0.2, -0.15) is 0 Å². The van der Waals surface area contributed by atoms with Crippen molar-refractivity contribution in [3.63, 3.8) is 0 Å². The van der Waals surface area contributed by atoms with Gasteiger partial charge in [-0.3, -0.25) is 4.79 Å². The van der Waals surface area contributed by atoms with Gasteiger partial charge in [0.05, 0.1) is 7.11 Å². The number of nitrogens with one attached hydrogen (secondary N) is 1. The molecule has 4 heteroatoms. The van der Waals surface area contributed by atoms with Gasteiger partial charge in [0.15, 0.2) is 6.10 Å². The van der Waals surface area contributed by atoms with Crippen molar-refractivity contribution in [3.05, 3.63) is 66.7 Å². The topological polar surface area (TPSA) is 47.6 Å². The molecule has 128 valence electrons. The summed E-state index contributed by atoms with van der Waals surface area (Å²) in [7, 11) is 1.61. The molecule has 0 unspecified atom stereocenters. The lowest BCUT2D eigenvalue weighted by Gasteiger charge is -2.17. The number of carbonyl (C=O) groups excluding carboxylic acids is 1. The van der Waals surface area contributed by atoms with Gasteiger partial charge in [-0.05, 0) is 53.6 Å². The Bertz CT molecular complexity index is 858. The first-order valence-electron chi connectivity index (χ1n) is 8.30. The van der Waals surface area contributed by atoms with Crippen LogP contribution in [0.1, 0.15) is 13.3 Å². The molecule has 0 bridgehead atoms. The largest absolute Gasteiger partial charge is 0.497 e. The van der Waals surface area contributed by atoms with Crippen molar-refractivity contribution in [2.75, 3.05) is 12.4 Å². The Labute approximate surface area is 147 Å². The van der Waals surface area contributed by atoms with Gasteiger partial charge in [0.1, 0.15) is 11.5 Å². The average molecular weight is 335 g/mol. The normalized spacial score (nSPS) is 11.8. The van der Waals surface area contributed by atoms with Crippen molar-refractivity contribution >= 4 is 22.4 Å². The number of ether oxygens (including phenoxy) is 2. The molecular weight excluding hydrogens is 314 g/mol. The first-order valence-corrected chi connectivity index (χ1v) is 8.30. The smallest absolute Gasteiger partial charge is 0.265 e. The molecule has 1 atom stereocenters. The van der Waals surface area contributed by atoms with Crippen LogP contribution in [0.4, 0.5) is 5.69 Å². The predicted octanol–water partition coefficient (Wildman–Crippen LogP) is 4.64. The molecule has 3 aromatic carbocycles. The van der Waals surface area contributed by atoms with E-state index in [-0.39, 0.29) is 5.91 Å². The fourth-order valence-corrected chi connectivity index (χ4v) is 2.63. The van der Waals surface area contributed by atoms with Crippen molar-refractivity contribution in [3.8, 4) is 11.5 Å². The Kier molecular flexibility index (Phi) is 5.19. The molecule has 0 saturated heterocycles. The fraction of sp³-hybridized carbons (Fsp3) is 0.190. The van der Waals surface area contributed by atoms with Gasteiger partial charge in [0, 0.05) is 5.69 Å². The van der Waals surface area contributed by atoms with Gasteiger partial charge in [0.2, 0.25) is 0 Å². The Balaban J connectivity index is 1.70. The Morgan fingerprint density at radius 2 is 1.64 bits per heavy atom. The van der Waals surface area contributed by atoms with Crippen molar-refractivity contribution in [2.24, 2.45) is 0 Å². The van der Waals surface area contributed by atoms with Crippen LogP contribution >= 0.6 is 0 Å². The molecule has 0 aliphatic carbocycles. The van der Waals surface area contributed by atoms with E-state index in [1.54, 1.807) is 19.2 Å². The van der Waals surface area contributed by atoms with E-state index < -0.39 is 6.10 Å². The van der Waals surface area contributed by atoms with Crippen molar-refractivity contribution in [1.82, 2.24) is 0 Å². The quantitative estimate of drug-likeness (QED) is 0.713. The van der Waals surface area contributed by atoms with Crippen LogP contribution in [0.3, 0.4) is 0 Å². The zero-order valence-electron chi connectivity index (χ0n) is 14.4. The number of hydrogen-bond acceptors (Lipinski definition) is 3. The van der Waals surface area contributed by atoms with Crippen molar-refractivity contribution in [2.45, 2.75) is 19.4 Å². The molecule has 25 heavy (non-hydrogen) atoms. The lowest BCUT2D eigenvalue weighted by molar-refractivity contribution is -0.122. The van der Waals surface area contributed by atoms with Crippen LogP contribution in [0.25, 0.3) is 10.8 Å². The Morgan fingerprint density at radius 1 is 0.960 bits per heavy atom. The first kappa shape index (κ1) is 16.8. The number of anilines is 1. The maximum absolute atomic E-state index is 12.5. The number of methoxy groups -OCH3 is 1. The number of benzene rings is 3. The summed E-state index contributed by atoms with van der Waals surface area (Å²) in [6.45, 7) is 1.92. The Hall–Kier alpha value is -3.01. The van der Waals surface area contributed by atoms with Gasteiger partial charge in [-0.25, -0.2) is 0 Å². The predicted molar refractivity (Wildman–Crippen MR) is 100 cm³/mol. The van der Waals surface area contributed by atoms with Crippen LogP contribution in [0.2, 0.25) is 0 Å². The highest BCUT2D eigenvalue weighted by Gasteiger charge is 2.18. The van der Waals surface area contributed by atoms with E-state index in [4.69, 9.17) is 9.47 Å². The number of fused-ring (bicyclic) bond motifs is 1. The molecule has 1 amide bonds. The minimum atomic E-state index is -0.556.